The zero-order valence-electron chi connectivity index (χ0n) is 17.4. The molecule has 0 atom stereocenters. The predicted octanol–water partition coefficient (Wildman–Crippen LogP) is 5.10. The molecule has 0 saturated carbocycles. The molecule has 0 aliphatic heterocycles. The first-order valence-corrected chi connectivity index (χ1v) is 9.98. The number of ether oxygens (including phenoxy) is 1. The third kappa shape index (κ3) is 2.66. The summed E-state index contributed by atoms with van der Waals surface area (Å²) >= 11 is 0. The number of benzene rings is 3. The maximum absolute atomic E-state index is 13.6. The van der Waals surface area contributed by atoms with E-state index in [0.29, 0.717) is 39.3 Å². The number of carbonyl (C=O) groups is 2. The van der Waals surface area contributed by atoms with Crippen molar-refractivity contribution in [3.05, 3.63) is 82.5 Å². The number of methoxy groups -OCH3 is 1. The fourth-order valence-corrected chi connectivity index (χ4v) is 4.50. The van der Waals surface area contributed by atoms with Crippen LogP contribution in [0.5, 0.6) is 0 Å². The molecule has 0 amide bonds. The van der Waals surface area contributed by atoms with Gasteiger partial charge in [0.2, 0.25) is 0 Å². The Balaban J connectivity index is 1.96. The number of anilines is 1. The number of hydrogen-bond donors (Lipinski definition) is 1. The van der Waals surface area contributed by atoms with Crippen molar-refractivity contribution in [3.63, 3.8) is 0 Å². The van der Waals surface area contributed by atoms with Gasteiger partial charge in [0.1, 0.15) is 0 Å². The minimum Gasteiger partial charge on any atom is -0.465 e. The van der Waals surface area contributed by atoms with E-state index >= 15 is 0 Å². The number of esters is 1. The van der Waals surface area contributed by atoms with Gasteiger partial charge in [-0.25, -0.2) is 4.79 Å². The van der Waals surface area contributed by atoms with Gasteiger partial charge in [-0.3, -0.25) is 9.78 Å². The molecule has 1 aliphatic rings. The summed E-state index contributed by atoms with van der Waals surface area (Å²) in [6.07, 6.45) is 0. The van der Waals surface area contributed by atoms with Crippen LogP contribution < -0.4 is 5.73 Å². The third-order valence-corrected chi connectivity index (χ3v) is 5.95. The Morgan fingerprint density at radius 1 is 0.903 bits per heavy atom. The van der Waals surface area contributed by atoms with Crippen LogP contribution in [-0.4, -0.2) is 23.8 Å². The van der Waals surface area contributed by atoms with Crippen LogP contribution >= 0.6 is 0 Å². The zero-order valence-corrected chi connectivity index (χ0v) is 17.4. The Morgan fingerprint density at radius 2 is 1.61 bits per heavy atom. The number of nitrogen functional groups attached to an aromatic ring is 1. The molecule has 31 heavy (non-hydrogen) atoms. The summed E-state index contributed by atoms with van der Waals surface area (Å²) < 4.78 is 5.10. The Labute approximate surface area is 179 Å². The van der Waals surface area contributed by atoms with E-state index in [9.17, 15) is 9.59 Å². The lowest BCUT2D eigenvalue weighted by atomic mass is 9.88. The van der Waals surface area contributed by atoms with Crippen LogP contribution in [0, 0.1) is 13.8 Å². The highest BCUT2D eigenvalue weighted by molar-refractivity contribution is 6.27. The summed E-state index contributed by atoms with van der Waals surface area (Å²) in [6.45, 7) is 3.81. The number of aromatic nitrogens is 1. The molecule has 0 saturated heterocycles. The highest BCUT2D eigenvalue weighted by Crippen LogP contribution is 2.45. The number of aryl methyl sites for hydroxylation is 2. The Kier molecular flexibility index (Phi) is 4.15. The number of rotatable bonds is 2. The summed E-state index contributed by atoms with van der Waals surface area (Å²) in [6, 6.07) is 17.2. The summed E-state index contributed by atoms with van der Waals surface area (Å²) in [5.74, 6) is -0.703. The van der Waals surface area contributed by atoms with Crippen molar-refractivity contribution in [2.45, 2.75) is 13.8 Å². The molecule has 2 N–H and O–H groups in total. The lowest BCUT2D eigenvalue weighted by Crippen LogP contribution is -2.12. The zero-order chi connectivity index (χ0) is 21.9. The molecule has 1 aliphatic carbocycles. The highest BCUT2D eigenvalue weighted by Gasteiger charge is 2.35. The molecule has 0 spiro atoms. The third-order valence-electron chi connectivity index (χ3n) is 5.95. The number of hydrogen-bond acceptors (Lipinski definition) is 5. The maximum Gasteiger partial charge on any atom is 0.340 e. The van der Waals surface area contributed by atoms with Gasteiger partial charge in [-0.15, -0.1) is 0 Å². The SMILES string of the molecule is COC(=O)c1c(C)nc2c(c1-c1ccc(C)c3ccccc13)C(=O)c1cc(N)ccc1-2. The fraction of sp³-hybridized carbons (Fsp3) is 0.115. The van der Waals surface area contributed by atoms with Gasteiger partial charge in [-0.1, -0.05) is 36.4 Å². The average Bonchev–Trinajstić information content (AvgIpc) is 3.04. The van der Waals surface area contributed by atoms with E-state index in [1.165, 1.54) is 7.11 Å². The lowest BCUT2D eigenvalue weighted by molar-refractivity contribution is 0.0600. The van der Waals surface area contributed by atoms with E-state index in [4.69, 9.17) is 10.5 Å². The topological polar surface area (TPSA) is 82.3 Å². The molecule has 1 heterocycles. The average molecular weight is 408 g/mol. The normalized spacial score (nSPS) is 12.0. The fourth-order valence-electron chi connectivity index (χ4n) is 4.50. The number of carbonyl (C=O) groups excluding carboxylic acids is 2. The van der Waals surface area contributed by atoms with Crippen LogP contribution in [0.1, 0.15) is 37.5 Å². The van der Waals surface area contributed by atoms with Gasteiger partial charge in [-0.2, -0.15) is 0 Å². The molecule has 0 bridgehead atoms. The minimum atomic E-state index is -0.518. The largest absolute Gasteiger partial charge is 0.465 e. The Hall–Kier alpha value is -3.99. The van der Waals surface area contributed by atoms with Gasteiger partial charge in [0, 0.05) is 22.4 Å². The highest BCUT2D eigenvalue weighted by atomic mass is 16.5. The van der Waals surface area contributed by atoms with E-state index in [0.717, 1.165) is 27.5 Å². The molecule has 5 rings (SSSR count). The van der Waals surface area contributed by atoms with Gasteiger partial charge in [0.15, 0.2) is 5.78 Å². The van der Waals surface area contributed by atoms with E-state index in [2.05, 4.69) is 4.98 Å². The second-order valence-electron chi connectivity index (χ2n) is 7.77. The van der Waals surface area contributed by atoms with Gasteiger partial charge in [0.25, 0.3) is 0 Å². The monoisotopic (exact) mass is 408 g/mol. The minimum absolute atomic E-state index is 0.186. The van der Waals surface area contributed by atoms with Crippen molar-refractivity contribution >= 4 is 28.2 Å². The first-order chi connectivity index (χ1) is 14.9. The first-order valence-electron chi connectivity index (χ1n) is 9.98. The predicted molar refractivity (Wildman–Crippen MR) is 121 cm³/mol. The van der Waals surface area contributed by atoms with E-state index in [-0.39, 0.29) is 5.78 Å². The van der Waals surface area contributed by atoms with Crippen LogP contribution in [0.25, 0.3) is 33.2 Å². The quantitative estimate of drug-likeness (QED) is 0.325. The van der Waals surface area contributed by atoms with E-state index in [1.54, 1.807) is 19.1 Å². The van der Waals surface area contributed by atoms with Crippen LogP contribution in [-0.2, 0) is 4.74 Å². The smallest absolute Gasteiger partial charge is 0.340 e. The summed E-state index contributed by atoms with van der Waals surface area (Å²) in [5, 5.41) is 2.02. The number of fused-ring (bicyclic) bond motifs is 4. The molecule has 152 valence electrons. The second kappa shape index (κ2) is 6.77. The lowest BCUT2D eigenvalue weighted by Gasteiger charge is -2.17. The number of pyridine rings is 1. The van der Waals surface area contributed by atoms with E-state index < -0.39 is 5.97 Å². The number of ketones is 1. The maximum atomic E-state index is 13.6. The molecular weight excluding hydrogens is 388 g/mol. The molecule has 0 fully saturated rings. The van der Waals surface area contributed by atoms with Crippen molar-refractivity contribution < 1.29 is 14.3 Å². The second-order valence-corrected chi connectivity index (χ2v) is 7.77. The van der Waals surface area contributed by atoms with Gasteiger partial charge < -0.3 is 10.5 Å². The summed E-state index contributed by atoms with van der Waals surface area (Å²) in [4.78, 5) is 31.1. The standard InChI is InChI=1S/C26H20N2O3/c1-13-8-10-18(17-7-5-4-6-16(13)17)22-21(26(30)31-3)14(2)28-24-19-11-9-15(27)12-20(19)25(29)23(22)24/h4-12H,27H2,1-3H3. The molecular formula is C26H20N2O3. The van der Waals surface area contributed by atoms with Gasteiger partial charge >= 0.3 is 5.97 Å². The van der Waals surface area contributed by atoms with Crippen molar-refractivity contribution in [1.82, 2.24) is 4.98 Å². The first kappa shape index (κ1) is 19.0. The Bertz CT molecular complexity index is 1440. The molecule has 5 nitrogen and oxygen atoms in total. The van der Waals surface area contributed by atoms with Crippen LogP contribution in [0.15, 0.2) is 54.6 Å². The molecule has 3 aromatic carbocycles. The Morgan fingerprint density at radius 3 is 2.35 bits per heavy atom. The molecule has 5 heteroatoms. The van der Waals surface area contributed by atoms with E-state index in [1.807, 2.05) is 49.4 Å². The van der Waals surface area contributed by atoms with Gasteiger partial charge in [-0.05, 0) is 53.9 Å². The van der Waals surface area contributed by atoms with Crippen LogP contribution in [0.2, 0.25) is 0 Å². The molecule has 0 unspecified atom stereocenters. The van der Waals surface area contributed by atoms with Crippen molar-refractivity contribution in [3.8, 4) is 22.4 Å². The van der Waals surface area contributed by atoms with Crippen molar-refractivity contribution in [2.75, 3.05) is 12.8 Å². The molecule has 0 radical (unpaired) electrons. The molecule has 4 aromatic rings. The summed E-state index contributed by atoms with van der Waals surface area (Å²) in [7, 11) is 1.34. The number of nitrogens with zero attached hydrogens (tertiary/aromatic N) is 1. The van der Waals surface area contributed by atoms with Gasteiger partial charge in [0.05, 0.1) is 29.6 Å². The van der Waals surface area contributed by atoms with Crippen LogP contribution in [0.3, 0.4) is 0 Å². The van der Waals surface area contributed by atoms with Crippen molar-refractivity contribution in [1.29, 1.82) is 0 Å². The summed E-state index contributed by atoms with van der Waals surface area (Å²) in [5.41, 5.74) is 12.0. The molecule has 1 aromatic heterocycles. The number of nitrogens with two attached hydrogens (primary N) is 1. The van der Waals surface area contributed by atoms with Crippen LogP contribution in [0.4, 0.5) is 5.69 Å². The van der Waals surface area contributed by atoms with Crippen molar-refractivity contribution in [2.24, 2.45) is 0 Å².